The molecule has 0 aliphatic carbocycles. The van der Waals surface area contributed by atoms with Crippen molar-refractivity contribution < 1.29 is 0 Å². The second-order valence-electron chi connectivity index (χ2n) is 6.21. The van der Waals surface area contributed by atoms with Crippen molar-refractivity contribution in [2.75, 3.05) is 14.1 Å². The van der Waals surface area contributed by atoms with E-state index < -0.39 is 0 Å². The Morgan fingerprint density at radius 3 is 2.72 bits per heavy atom. The maximum Gasteiger partial charge on any atom is 0.275 e. The quantitative estimate of drug-likeness (QED) is 0.722. The van der Waals surface area contributed by atoms with E-state index in [0.717, 1.165) is 15.4 Å². The molecule has 0 spiro atoms. The molecule has 3 aromatic rings. The molecule has 0 aliphatic heterocycles. The van der Waals surface area contributed by atoms with E-state index in [1.807, 2.05) is 38.9 Å². The molecule has 0 aliphatic rings. The van der Waals surface area contributed by atoms with Gasteiger partial charge >= 0.3 is 0 Å². The molecular formula is C19H20N4OS. The molecule has 3 rings (SSSR count). The lowest BCUT2D eigenvalue weighted by molar-refractivity contribution is 0.591. The molecule has 0 unspecified atom stereocenters. The highest BCUT2D eigenvalue weighted by molar-refractivity contribution is 7.16. The number of pyridine rings is 1. The Morgan fingerprint density at radius 2 is 2.12 bits per heavy atom. The van der Waals surface area contributed by atoms with Crippen LogP contribution < -0.4 is 15.3 Å². The monoisotopic (exact) mass is 352 g/mol. The smallest absolute Gasteiger partial charge is 0.275 e. The van der Waals surface area contributed by atoms with Crippen LogP contribution in [0, 0.1) is 0 Å². The number of rotatable bonds is 3. The third-order valence-corrected chi connectivity index (χ3v) is 4.78. The van der Waals surface area contributed by atoms with Gasteiger partial charge in [-0.2, -0.15) is 0 Å². The second-order valence-corrected chi connectivity index (χ2v) is 7.32. The maximum atomic E-state index is 12.9. The standard InChI is InChI=1S/C19H20N4OS/c1-12(2)9-15(22(4)5)16-13(3)25-18-17(16)21-11-23(19(18)24)14-7-6-8-20-10-14/h6-11H,3H2,1-2,4-5H3/b16-15-. The van der Waals surface area contributed by atoms with Crippen LogP contribution in [0.4, 0.5) is 0 Å². The van der Waals surface area contributed by atoms with Gasteiger partial charge in [0, 0.05) is 35.7 Å². The van der Waals surface area contributed by atoms with Crippen LogP contribution in [0.25, 0.3) is 28.2 Å². The highest BCUT2D eigenvalue weighted by Crippen LogP contribution is 2.11. The van der Waals surface area contributed by atoms with E-state index in [9.17, 15) is 4.79 Å². The van der Waals surface area contributed by atoms with Crippen molar-refractivity contribution in [1.29, 1.82) is 0 Å². The van der Waals surface area contributed by atoms with Gasteiger partial charge in [-0.15, -0.1) is 11.3 Å². The lowest BCUT2D eigenvalue weighted by atomic mass is 10.2. The normalized spacial score (nSPS) is 12.2. The lowest BCUT2D eigenvalue weighted by Gasteiger charge is -2.14. The van der Waals surface area contributed by atoms with Crippen LogP contribution >= 0.6 is 11.3 Å². The Hall–Kier alpha value is -2.73. The molecule has 0 N–H and O–H groups in total. The highest BCUT2D eigenvalue weighted by atomic mass is 32.1. The van der Waals surface area contributed by atoms with Crippen molar-refractivity contribution in [3.05, 3.63) is 62.6 Å². The van der Waals surface area contributed by atoms with Crippen LogP contribution in [0.2, 0.25) is 0 Å². The first kappa shape index (κ1) is 17.1. The molecule has 0 aromatic carbocycles. The Morgan fingerprint density at radius 1 is 1.36 bits per heavy atom. The second kappa shape index (κ2) is 6.64. The minimum atomic E-state index is -0.102. The molecule has 0 fully saturated rings. The van der Waals surface area contributed by atoms with Gasteiger partial charge in [-0.1, -0.05) is 12.2 Å². The summed E-state index contributed by atoms with van der Waals surface area (Å²) in [6.45, 7) is 8.24. The fourth-order valence-corrected chi connectivity index (χ4v) is 3.64. The van der Waals surface area contributed by atoms with Gasteiger partial charge in [-0.05, 0) is 32.1 Å². The van der Waals surface area contributed by atoms with E-state index >= 15 is 0 Å². The van der Waals surface area contributed by atoms with E-state index in [2.05, 4.69) is 22.6 Å². The minimum Gasteiger partial charge on any atom is -0.377 e. The molecule has 6 heteroatoms. The van der Waals surface area contributed by atoms with Crippen LogP contribution in [0.1, 0.15) is 13.8 Å². The number of fused-ring (bicyclic) bond motifs is 1. The molecule has 0 amide bonds. The number of hydrogen-bond donors (Lipinski definition) is 0. The van der Waals surface area contributed by atoms with Crippen molar-refractivity contribution >= 4 is 33.8 Å². The SMILES string of the molecule is C=c1sc2c(=O)n(-c3cccnc3)cnc2/c1=C(/C=C(C)C)N(C)C. The van der Waals surface area contributed by atoms with Crippen LogP contribution in [0.15, 0.2) is 47.3 Å². The summed E-state index contributed by atoms with van der Waals surface area (Å²) in [5.74, 6) is 0. The number of nitrogens with zero attached hydrogens (tertiary/aromatic N) is 4. The van der Waals surface area contributed by atoms with Gasteiger partial charge in [0.1, 0.15) is 11.0 Å². The van der Waals surface area contributed by atoms with Crippen molar-refractivity contribution in [3.63, 3.8) is 0 Å². The van der Waals surface area contributed by atoms with E-state index in [4.69, 9.17) is 0 Å². The third kappa shape index (κ3) is 3.13. The molecule has 128 valence electrons. The average Bonchev–Trinajstić information content (AvgIpc) is 2.90. The van der Waals surface area contributed by atoms with Crippen LogP contribution in [0.3, 0.4) is 0 Å². The highest BCUT2D eigenvalue weighted by Gasteiger charge is 2.13. The van der Waals surface area contributed by atoms with Crippen molar-refractivity contribution in [3.8, 4) is 5.69 Å². The molecule has 0 bridgehead atoms. The molecule has 3 heterocycles. The Labute approximate surface area is 149 Å². The van der Waals surface area contributed by atoms with E-state index in [1.165, 1.54) is 21.5 Å². The largest absolute Gasteiger partial charge is 0.377 e. The predicted octanol–water partition coefficient (Wildman–Crippen LogP) is 1.89. The summed E-state index contributed by atoms with van der Waals surface area (Å²) in [5, 5.41) is 0.918. The number of aromatic nitrogens is 3. The van der Waals surface area contributed by atoms with Crippen LogP contribution in [0.5, 0.6) is 0 Å². The first-order valence-corrected chi connectivity index (χ1v) is 8.68. The number of likely N-dealkylation sites (N-methyl/N-ethyl adjacent to an activating group) is 1. The molecule has 25 heavy (non-hydrogen) atoms. The van der Waals surface area contributed by atoms with Gasteiger partial charge in [0.25, 0.3) is 5.56 Å². The first-order chi connectivity index (χ1) is 11.9. The first-order valence-electron chi connectivity index (χ1n) is 7.86. The molecule has 0 saturated heterocycles. The zero-order valence-corrected chi connectivity index (χ0v) is 15.6. The van der Waals surface area contributed by atoms with Gasteiger partial charge in [0.2, 0.25) is 0 Å². The van der Waals surface area contributed by atoms with E-state index in [1.54, 1.807) is 24.8 Å². The fourth-order valence-electron chi connectivity index (χ4n) is 2.66. The van der Waals surface area contributed by atoms with Crippen LogP contribution in [-0.2, 0) is 0 Å². The predicted molar refractivity (Wildman–Crippen MR) is 104 cm³/mol. The topological polar surface area (TPSA) is 51.0 Å². The maximum absolute atomic E-state index is 12.9. The van der Waals surface area contributed by atoms with Crippen molar-refractivity contribution in [2.24, 2.45) is 0 Å². The van der Waals surface area contributed by atoms with Gasteiger partial charge in [-0.25, -0.2) is 4.98 Å². The summed E-state index contributed by atoms with van der Waals surface area (Å²) in [5.41, 5.74) is 3.47. The van der Waals surface area contributed by atoms with Crippen molar-refractivity contribution in [2.45, 2.75) is 13.8 Å². The summed E-state index contributed by atoms with van der Waals surface area (Å²) in [6.07, 6.45) is 6.97. The number of allylic oxidation sites excluding steroid dienone is 1. The summed E-state index contributed by atoms with van der Waals surface area (Å²) in [7, 11) is 3.96. The molecular weight excluding hydrogens is 332 g/mol. The molecule has 0 saturated carbocycles. The third-order valence-electron chi connectivity index (χ3n) is 3.76. The average molecular weight is 352 g/mol. The Bertz CT molecular complexity index is 1120. The zero-order valence-electron chi connectivity index (χ0n) is 14.8. The Balaban J connectivity index is 2.42. The van der Waals surface area contributed by atoms with E-state index in [-0.39, 0.29) is 5.56 Å². The van der Waals surface area contributed by atoms with Gasteiger partial charge in [0.05, 0.1) is 17.4 Å². The number of hydrogen-bond acceptors (Lipinski definition) is 5. The van der Waals surface area contributed by atoms with E-state index in [0.29, 0.717) is 15.9 Å². The minimum absolute atomic E-state index is 0.102. The summed E-state index contributed by atoms with van der Waals surface area (Å²) < 4.78 is 2.96. The summed E-state index contributed by atoms with van der Waals surface area (Å²) in [6, 6.07) is 3.63. The summed E-state index contributed by atoms with van der Waals surface area (Å²) in [4.78, 5) is 23.6. The Kier molecular flexibility index (Phi) is 4.55. The molecule has 0 atom stereocenters. The fraction of sp³-hybridized carbons (Fsp3) is 0.211. The molecule has 3 aromatic heterocycles. The number of thiophene rings is 1. The van der Waals surface area contributed by atoms with Gasteiger partial charge in [0.15, 0.2) is 0 Å². The van der Waals surface area contributed by atoms with Crippen LogP contribution in [-0.4, -0.2) is 33.5 Å². The van der Waals surface area contributed by atoms with Crippen molar-refractivity contribution in [1.82, 2.24) is 19.4 Å². The zero-order chi connectivity index (χ0) is 18.1. The summed E-state index contributed by atoms with van der Waals surface area (Å²) >= 11 is 1.38. The molecule has 0 radical (unpaired) electrons. The van der Waals surface area contributed by atoms with Gasteiger partial charge in [-0.3, -0.25) is 14.3 Å². The molecule has 5 nitrogen and oxygen atoms in total. The van der Waals surface area contributed by atoms with Gasteiger partial charge < -0.3 is 4.90 Å². The lowest BCUT2D eigenvalue weighted by Crippen LogP contribution is -2.28.